The number of hydrogen-bond acceptors (Lipinski definition) is 2. The van der Waals surface area contributed by atoms with Gasteiger partial charge >= 0.3 is 5.97 Å². The third-order valence-electron chi connectivity index (χ3n) is 2.13. The molecule has 3 nitrogen and oxygen atoms in total. The highest BCUT2D eigenvalue weighted by molar-refractivity contribution is 5.66. The molecule has 0 aliphatic carbocycles. The van der Waals surface area contributed by atoms with Crippen LogP contribution in [0, 0.1) is 35.5 Å². The molecule has 0 rings (SSSR count). The molecular weight excluding hydrogens is 240 g/mol. The molecule has 0 radical (unpaired) electrons. The van der Waals surface area contributed by atoms with E-state index in [4.69, 9.17) is 10.2 Å². The van der Waals surface area contributed by atoms with E-state index in [1.807, 2.05) is 0 Å². The van der Waals surface area contributed by atoms with Crippen LogP contribution >= 0.6 is 0 Å². The van der Waals surface area contributed by atoms with Gasteiger partial charge in [0.1, 0.15) is 0 Å². The molecule has 0 atom stereocenters. The largest absolute Gasteiger partial charge is 0.481 e. The van der Waals surface area contributed by atoms with Crippen molar-refractivity contribution in [1.29, 1.82) is 0 Å². The van der Waals surface area contributed by atoms with Crippen LogP contribution in [0.15, 0.2) is 0 Å². The predicted molar refractivity (Wildman–Crippen MR) is 75.0 cm³/mol. The number of carbonyl (C=O) groups is 1. The number of unbranched alkanes of at least 4 members (excludes halogenated alkanes) is 3. The van der Waals surface area contributed by atoms with E-state index in [-0.39, 0.29) is 13.0 Å². The van der Waals surface area contributed by atoms with Crippen LogP contribution in [0.5, 0.6) is 0 Å². The van der Waals surface area contributed by atoms with Gasteiger partial charge in [0.05, 0.1) is 12.8 Å². The van der Waals surface area contributed by atoms with Gasteiger partial charge in [-0.2, -0.15) is 0 Å². The summed E-state index contributed by atoms with van der Waals surface area (Å²) in [5, 5.41) is 17.0. The van der Waals surface area contributed by atoms with E-state index in [0.717, 1.165) is 12.8 Å². The number of aliphatic hydroxyl groups is 1. The molecule has 0 aliphatic rings. The lowest BCUT2D eigenvalue weighted by Gasteiger charge is -1.90. The SMILES string of the molecule is O=C(O)CCCCC#CCC#CCC#CCCCO. The van der Waals surface area contributed by atoms with Crippen LogP contribution < -0.4 is 0 Å². The molecule has 2 N–H and O–H groups in total. The third kappa shape index (κ3) is 16.1. The van der Waals surface area contributed by atoms with Crippen molar-refractivity contribution in [2.75, 3.05) is 6.61 Å². The van der Waals surface area contributed by atoms with Gasteiger partial charge < -0.3 is 10.2 Å². The van der Waals surface area contributed by atoms with E-state index in [0.29, 0.717) is 32.1 Å². The van der Waals surface area contributed by atoms with Crippen molar-refractivity contribution >= 4 is 5.97 Å². The Bertz CT molecular complexity index is 418. The molecule has 0 unspecified atom stereocenters. The molecule has 0 spiro atoms. The molecule has 0 aromatic carbocycles. The molecule has 0 amide bonds. The average Bonchev–Trinajstić information content (AvgIpc) is 2.39. The number of carboxylic acid groups (broad SMARTS) is 1. The highest BCUT2D eigenvalue weighted by atomic mass is 16.4. The van der Waals surface area contributed by atoms with Crippen LogP contribution in [-0.4, -0.2) is 22.8 Å². The summed E-state index contributed by atoms with van der Waals surface area (Å²) in [6.45, 7) is 0.183. The molecule has 102 valence electrons. The number of aliphatic hydroxyl groups excluding tert-OH is 1. The molecule has 0 aromatic heterocycles. The normalized spacial score (nSPS) is 8.26. The fourth-order valence-corrected chi connectivity index (χ4v) is 1.17. The maximum absolute atomic E-state index is 10.2. The second kappa shape index (κ2) is 14.2. The van der Waals surface area contributed by atoms with Gasteiger partial charge in [0.25, 0.3) is 0 Å². The second-order valence-electron chi connectivity index (χ2n) is 3.84. The van der Waals surface area contributed by atoms with Crippen molar-refractivity contribution in [2.45, 2.75) is 51.4 Å². The highest BCUT2D eigenvalue weighted by Crippen LogP contribution is 1.98. The minimum absolute atomic E-state index is 0.183. The van der Waals surface area contributed by atoms with Crippen LogP contribution in [0.3, 0.4) is 0 Å². The van der Waals surface area contributed by atoms with Crippen molar-refractivity contribution < 1.29 is 15.0 Å². The zero-order chi connectivity index (χ0) is 14.2. The summed E-state index contributed by atoms with van der Waals surface area (Å²) in [4.78, 5) is 10.2. The molecule has 0 fully saturated rings. The van der Waals surface area contributed by atoms with Gasteiger partial charge in [-0.3, -0.25) is 4.79 Å². The number of aliphatic carboxylic acids is 1. The maximum Gasteiger partial charge on any atom is 0.303 e. The Hall–Kier alpha value is -1.89. The monoisotopic (exact) mass is 260 g/mol. The van der Waals surface area contributed by atoms with E-state index >= 15 is 0 Å². The van der Waals surface area contributed by atoms with Gasteiger partial charge in [-0.05, 0) is 19.3 Å². The Kier molecular flexibility index (Phi) is 12.8. The summed E-state index contributed by atoms with van der Waals surface area (Å²) < 4.78 is 0. The summed E-state index contributed by atoms with van der Waals surface area (Å²) in [6, 6.07) is 0. The topological polar surface area (TPSA) is 57.5 Å². The van der Waals surface area contributed by atoms with Crippen LogP contribution in [0.4, 0.5) is 0 Å². The van der Waals surface area contributed by atoms with E-state index in [1.165, 1.54) is 0 Å². The first-order valence-corrected chi connectivity index (χ1v) is 6.47. The Labute approximate surface area is 115 Å². The lowest BCUT2D eigenvalue weighted by Crippen LogP contribution is -1.92. The molecular formula is C16H20O3. The molecule has 0 aromatic rings. The van der Waals surface area contributed by atoms with Crippen molar-refractivity contribution in [3.05, 3.63) is 0 Å². The highest BCUT2D eigenvalue weighted by Gasteiger charge is 1.93. The van der Waals surface area contributed by atoms with Crippen molar-refractivity contribution in [1.82, 2.24) is 0 Å². The molecule has 19 heavy (non-hydrogen) atoms. The summed E-state index contributed by atoms with van der Waals surface area (Å²) in [5.74, 6) is 16.8. The van der Waals surface area contributed by atoms with Gasteiger partial charge in [0.15, 0.2) is 0 Å². The quantitative estimate of drug-likeness (QED) is 0.568. The van der Waals surface area contributed by atoms with Gasteiger partial charge in [0, 0.05) is 25.9 Å². The molecule has 0 saturated carbocycles. The Morgan fingerprint density at radius 3 is 1.84 bits per heavy atom. The third-order valence-corrected chi connectivity index (χ3v) is 2.13. The summed E-state index contributed by atoms with van der Waals surface area (Å²) in [7, 11) is 0. The fourth-order valence-electron chi connectivity index (χ4n) is 1.17. The van der Waals surface area contributed by atoms with Crippen LogP contribution in [0.1, 0.15) is 51.4 Å². The first kappa shape index (κ1) is 17.1. The zero-order valence-corrected chi connectivity index (χ0v) is 11.2. The number of carboxylic acids is 1. The van der Waals surface area contributed by atoms with Crippen molar-refractivity contribution in [3.8, 4) is 35.5 Å². The van der Waals surface area contributed by atoms with E-state index in [9.17, 15) is 4.79 Å². The van der Waals surface area contributed by atoms with E-state index in [2.05, 4.69) is 35.5 Å². The van der Waals surface area contributed by atoms with Crippen LogP contribution in [0.2, 0.25) is 0 Å². The lowest BCUT2D eigenvalue weighted by molar-refractivity contribution is -0.137. The smallest absolute Gasteiger partial charge is 0.303 e. The minimum atomic E-state index is -0.751. The van der Waals surface area contributed by atoms with Crippen LogP contribution in [0.25, 0.3) is 0 Å². The first-order chi connectivity index (χ1) is 9.27. The minimum Gasteiger partial charge on any atom is -0.481 e. The van der Waals surface area contributed by atoms with E-state index in [1.54, 1.807) is 0 Å². The van der Waals surface area contributed by atoms with E-state index < -0.39 is 5.97 Å². The maximum atomic E-state index is 10.2. The molecule has 0 aliphatic heterocycles. The van der Waals surface area contributed by atoms with Crippen molar-refractivity contribution in [2.24, 2.45) is 0 Å². The molecule has 0 bridgehead atoms. The van der Waals surface area contributed by atoms with Gasteiger partial charge in [-0.25, -0.2) is 0 Å². The second-order valence-corrected chi connectivity index (χ2v) is 3.84. The van der Waals surface area contributed by atoms with Gasteiger partial charge in [0.2, 0.25) is 0 Å². The Morgan fingerprint density at radius 2 is 1.32 bits per heavy atom. The van der Waals surface area contributed by atoms with Gasteiger partial charge in [-0.15, -0.1) is 11.8 Å². The predicted octanol–water partition coefficient (Wildman–Crippen LogP) is 2.19. The molecule has 0 heterocycles. The summed E-state index contributed by atoms with van der Waals surface area (Å²) in [6.07, 6.45) is 4.97. The summed E-state index contributed by atoms with van der Waals surface area (Å²) in [5.41, 5.74) is 0. The Balaban J connectivity index is 3.47. The number of hydrogen-bond donors (Lipinski definition) is 2. The summed E-state index contributed by atoms with van der Waals surface area (Å²) >= 11 is 0. The van der Waals surface area contributed by atoms with Crippen molar-refractivity contribution in [3.63, 3.8) is 0 Å². The lowest BCUT2D eigenvalue weighted by atomic mass is 10.2. The zero-order valence-electron chi connectivity index (χ0n) is 11.2. The van der Waals surface area contributed by atoms with Crippen LogP contribution in [-0.2, 0) is 4.79 Å². The first-order valence-electron chi connectivity index (χ1n) is 6.47. The standard InChI is InChI=1S/C16H20O3/c17-15-13-11-9-7-5-3-1-2-4-6-8-10-12-14-16(18)19/h17H,2,5,8,10-15H2,(H,18,19). The van der Waals surface area contributed by atoms with Gasteiger partial charge in [-0.1, -0.05) is 23.7 Å². The average molecular weight is 260 g/mol. The Morgan fingerprint density at radius 1 is 0.789 bits per heavy atom. The molecule has 3 heteroatoms. The molecule has 0 saturated heterocycles. The fraction of sp³-hybridized carbons (Fsp3) is 0.562. The number of rotatable bonds is 6.